The number of carbonyl (C=O) groups is 9. The first-order valence-electron chi connectivity index (χ1n) is 23.3. The molecular weight excluding hydrogens is 935 g/mol. The number of aliphatic hydroxyl groups excluding tert-OH is 2. The Morgan fingerprint density at radius 3 is 2.07 bits per heavy atom. The topological polar surface area (TPSA) is 372 Å². The molecule has 5 aliphatic rings. The summed E-state index contributed by atoms with van der Waals surface area (Å²) in [5, 5.41) is 42.8. The Morgan fingerprint density at radius 1 is 0.915 bits per heavy atom. The molecule has 23 heteroatoms. The summed E-state index contributed by atoms with van der Waals surface area (Å²) in [6.45, 7) is 11.1. The van der Waals surface area contributed by atoms with Crippen LogP contribution in [-0.4, -0.2) is 147 Å². The zero-order chi connectivity index (χ0) is 52.9. The molecule has 4 fully saturated rings. The molecule has 4 amide bonds. The van der Waals surface area contributed by atoms with Crippen LogP contribution >= 0.6 is 0 Å². The van der Waals surface area contributed by atoms with Crippen molar-refractivity contribution in [2.75, 3.05) is 6.61 Å². The number of rotatable bonds is 16. The number of fused-ring (bicyclic) bond motifs is 5. The normalized spacial score (nSPS) is 31.4. The van der Waals surface area contributed by atoms with Gasteiger partial charge in [0.1, 0.15) is 41.7 Å². The highest BCUT2D eigenvalue weighted by Gasteiger charge is 2.78. The highest BCUT2D eigenvalue weighted by molar-refractivity contribution is 5.95. The number of alkyl carbamates (subject to hydrolysis) is 1. The standard InChI is InChI=1S/C48H65N5O18/c1-21-27(67-42(63)35(33(23-14-15-23)53-43(64)71-44(3,4)5)68-41(62)26(17-31(51)57)52-39(60)25(49)16-30(50)56)19-48(65)38(69-40(61)24-12-10-9-11-13-24)36-46(8,37(59)34(58)32(21)45(48,6)7)28(55)18-29-47(36,20-66-29)70-22(2)54/h9-13,23,25-29,33-36,38,55,58,65H,14-20,49H2,1-8H3,(H2,50,56)(H2,51,57)(H,52,60)(H,53,64)/t25-,26+,27+,28+,29-,33+,34-,35?,36+,38+,46-,47+,48-/m1/s1. The maximum atomic E-state index is 15.2. The molecule has 0 aromatic heterocycles. The summed E-state index contributed by atoms with van der Waals surface area (Å²) in [5.41, 5.74) is 6.90. The lowest BCUT2D eigenvalue weighted by atomic mass is 9.44. The smallest absolute Gasteiger partial charge is 0.408 e. The number of benzene rings is 1. The fraction of sp³-hybridized carbons (Fsp3) is 0.646. The second-order valence-corrected chi connectivity index (χ2v) is 21.0. The van der Waals surface area contributed by atoms with Crippen LogP contribution in [0.2, 0.25) is 0 Å². The summed E-state index contributed by atoms with van der Waals surface area (Å²) in [6, 6.07) is 2.68. The highest BCUT2D eigenvalue weighted by atomic mass is 16.6. The van der Waals surface area contributed by atoms with E-state index in [1.165, 1.54) is 39.8 Å². The number of hydrogen-bond acceptors (Lipinski definition) is 19. The fourth-order valence-corrected chi connectivity index (χ4v) is 10.8. The minimum absolute atomic E-state index is 0.00279. The summed E-state index contributed by atoms with van der Waals surface area (Å²) >= 11 is 0. The van der Waals surface area contributed by atoms with Crippen LogP contribution in [-0.2, 0) is 62.0 Å². The number of esters is 4. The van der Waals surface area contributed by atoms with Crippen LogP contribution in [0.3, 0.4) is 0 Å². The molecule has 1 saturated heterocycles. The largest absolute Gasteiger partial charge is 0.455 e. The van der Waals surface area contributed by atoms with E-state index in [2.05, 4.69) is 10.6 Å². The summed E-state index contributed by atoms with van der Waals surface area (Å²) in [7, 11) is 0. The third-order valence-electron chi connectivity index (χ3n) is 14.6. The SMILES string of the molecule is CC(=O)O[C@@]12CO[C@@H]1C[C@H](O)[C@@]1(C)C(=O)[C@H](O)C3=C(C)[C@@H](OC(=O)C(OC(=O)[C@H](CC(N)=O)NC(=O)[C@H](N)CC(N)=O)[C@@H](NC(=O)OC(C)(C)C)C4CC4)C[C@@](O)([C@@H](OC(=O)c4ccccc4)[C@H]21)C3(C)C. The molecule has 1 heterocycles. The molecule has 2 bridgehead atoms. The van der Waals surface area contributed by atoms with Crippen molar-refractivity contribution in [3.05, 3.63) is 47.0 Å². The van der Waals surface area contributed by atoms with Crippen molar-refractivity contribution < 1.29 is 86.9 Å². The summed E-state index contributed by atoms with van der Waals surface area (Å²) in [5.74, 6) is -11.1. The Kier molecular flexibility index (Phi) is 15.2. The summed E-state index contributed by atoms with van der Waals surface area (Å²) in [6.07, 6.45) is -13.4. The van der Waals surface area contributed by atoms with Crippen LogP contribution in [0, 0.1) is 22.7 Å². The first-order chi connectivity index (χ1) is 32.9. The third-order valence-corrected chi connectivity index (χ3v) is 14.6. The molecule has 1 aromatic rings. The number of Topliss-reactive ketones (excluding diaryl/α,β-unsaturated/α-hetero) is 1. The number of nitrogens with one attached hydrogen (secondary N) is 2. The van der Waals surface area contributed by atoms with Gasteiger partial charge >= 0.3 is 30.0 Å². The van der Waals surface area contributed by atoms with E-state index >= 15 is 4.79 Å². The summed E-state index contributed by atoms with van der Waals surface area (Å²) in [4.78, 5) is 122. The van der Waals surface area contributed by atoms with Crippen molar-refractivity contribution in [3.63, 3.8) is 0 Å². The molecule has 71 heavy (non-hydrogen) atoms. The Hall–Kier alpha value is -6.01. The van der Waals surface area contributed by atoms with E-state index in [1.807, 2.05) is 0 Å². The van der Waals surface area contributed by atoms with Crippen molar-refractivity contribution in [3.8, 4) is 0 Å². The average molecular weight is 1000 g/mol. The molecule has 0 radical (unpaired) electrons. The van der Waals surface area contributed by atoms with Gasteiger partial charge < -0.3 is 71.6 Å². The van der Waals surface area contributed by atoms with Gasteiger partial charge in [-0.15, -0.1) is 0 Å². The van der Waals surface area contributed by atoms with Gasteiger partial charge in [0.15, 0.2) is 11.4 Å². The first-order valence-corrected chi connectivity index (χ1v) is 23.3. The Balaban J connectivity index is 1.49. The van der Waals surface area contributed by atoms with Gasteiger partial charge in [-0.1, -0.05) is 32.0 Å². The number of ketones is 1. The molecule has 3 saturated carbocycles. The summed E-state index contributed by atoms with van der Waals surface area (Å²) < 4.78 is 35.6. The van der Waals surface area contributed by atoms with E-state index in [1.54, 1.807) is 39.0 Å². The second kappa shape index (κ2) is 19.9. The molecule has 0 spiro atoms. The predicted molar refractivity (Wildman–Crippen MR) is 242 cm³/mol. The van der Waals surface area contributed by atoms with Gasteiger partial charge in [0.2, 0.25) is 23.8 Å². The van der Waals surface area contributed by atoms with Gasteiger partial charge in [0.25, 0.3) is 0 Å². The zero-order valence-electron chi connectivity index (χ0n) is 40.9. The van der Waals surface area contributed by atoms with Crippen LogP contribution < -0.4 is 27.8 Å². The van der Waals surface area contributed by atoms with Crippen molar-refractivity contribution in [2.45, 2.75) is 165 Å². The molecule has 1 aliphatic heterocycles. The number of amides is 4. The number of ether oxygens (including phenoxy) is 6. The minimum Gasteiger partial charge on any atom is -0.455 e. The Labute approximate surface area is 409 Å². The fourth-order valence-electron chi connectivity index (χ4n) is 10.8. The van der Waals surface area contributed by atoms with E-state index in [-0.39, 0.29) is 29.7 Å². The quantitative estimate of drug-likeness (QED) is 0.0583. The van der Waals surface area contributed by atoms with E-state index in [0.29, 0.717) is 12.8 Å². The number of aliphatic hydroxyl groups is 3. The van der Waals surface area contributed by atoms with Crippen LogP contribution in [0.5, 0.6) is 0 Å². The lowest BCUT2D eigenvalue weighted by Gasteiger charge is -2.67. The molecule has 390 valence electrons. The van der Waals surface area contributed by atoms with Crippen molar-refractivity contribution in [1.29, 1.82) is 0 Å². The van der Waals surface area contributed by atoms with Crippen LogP contribution in [0.4, 0.5) is 4.79 Å². The zero-order valence-corrected chi connectivity index (χ0v) is 40.9. The molecular formula is C48H65N5O18. The number of primary amides is 2. The first kappa shape index (κ1) is 54.3. The van der Waals surface area contributed by atoms with Gasteiger partial charge in [-0.3, -0.25) is 24.0 Å². The van der Waals surface area contributed by atoms with E-state index in [4.69, 9.17) is 45.6 Å². The maximum absolute atomic E-state index is 15.2. The number of hydrogen-bond donors (Lipinski definition) is 8. The molecule has 4 aliphatic carbocycles. The van der Waals surface area contributed by atoms with E-state index in [0.717, 1.165) is 6.92 Å². The predicted octanol–water partition coefficient (Wildman–Crippen LogP) is -0.589. The molecule has 11 N–H and O–H groups in total. The van der Waals surface area contributed by atoms with Crippen molar-refractivity contribution in [2.24, 2.45) is 39.9 Å². The molecule has 13 atom stereocenters. The minimum atomic E-state index is -2.52. The maximum Gasteiger partial charge on any atom is 0.408 e. The van der Waals surface area contributed by atoms with Crippen LogP contribution in [0.15, 0.2) is 41.5 Å². The lowest BCUT2D eigenvalue weighted by Crippen LogP contribution is -2.81. The molecule has 1 aromatic carbocycles. The lowest BCUT2D eigenvalue weighted by molar-refractivity contribution is -0.346. The van der Waals surface area contributed by atoms with Gasteiger partial charge in [-0.05, 0) is 76.7 Å². The van der Waals surface area contributed by atoms with Crippen molar-refractivity contribution >= 4 is 53.5 Å². The monoisotopic (exact) mass is 999 g/mol. The number of carbonyl (C=O) groups excluding carboxylic acids is 9. The molecule has 1 unspecified atom stereocenters. The third kappa shape index (κ3) is 10.5. The van der Waals surface area contributed by atoms with Gasteiger partial charge in [0, 0.05) is 25.2 Å². The Morgan fingerprint density at radius 2 is 1.54 bits per heavy atom. The van der Waals surface area contributed by atoms with Crippen LogP contribution in [0.1, 0.15) is 104 Å². The molecule has 6 rings (SSSR count). The van der Waals surface area contributed by atoms with Crippen molar-refractivity contribution in [1.82, 2.24) is 10.6 Å². The average Bonchev–Trinajstić information content (AvgIpc) is 4.11. The van der Waals surface area contributed by atoms with E-state index in [9.17, 15) is 53.7 Å². The Bertz CT molecular complexity index is 2370. The van der Waals surface area contributed by atoms with E-state index < -0.39 is 167 Å². The second-order valence-electron chi connectivity index (χ2n) is 21.0. The number of nitrogens with two attached hydrogens (primary N) is 3. The highest BCUT2D eigenvalue weighted by Crippen LogP contribution is 2.64. The van der Waals surface area contributed by atoms with Gasteiger partial charge in [0.05, 0.1) is 54.5 Å². The van der Waals surface area contributed by atoms with Gasteiger partial charge in [-0.25, -0.2) is 19.2 Å². The van der Waals surface area contributed by atoms with Gasteiger partial charge in [-0.2, -0.15) is 0 Å². The molecule has 23 nitrogen and oxygen atoms in total. The van der Waals surface area contributed by atoms with Crippen LogP contribution in [0.25, 0.3) is 0 Å².